The zero-order chi connectivity index (χ0) is 14.2. The fraction of sp³-hybridized carbons (Fsp3) is 0.462. The lowest BCUT2D eigenvalue weighted by Gasteiger charge is -2.28. The van der Waals surface area contributed by atoms with E-state index < -0.39 is 17.5 Å². The van der Waals surface area contributed by atoms with E-state index in [0.29, 0.717) is 35.3 Å². The number of fused-ring (bicyclic) bond motifs is 1. The highest BCUT2D eigenvalue weighted by molar-refractivity contribution is 6.32. The number of rotatable bonds is 3. The second-order valence-corrected chi connectivity index (χ2v) is 5.36. The second-order valence-electron chi connectivity index (χ2n) is 4.96. The molecule has 0 bridgehead atoms. The van der Waals surface area contributed by atoms with Crippen LogP contribution in [0.5, 0.6) is 11.5 Å². The Labute approximate surface area is 115 Å². The van der Waals surface area contributed by atoms with Crippen LogP contribution in [0.25, 0.3) is 0 Å². The third kappa shape index (κ3) is 2.48. The first-order valence-corrected chi connectivity index (χ1v) is 6.22. The van der Waals surface area contributed by atoms with Gasteiger partial charge in [0.25, 0.3) is 0 Å². The van der Waals surface area contributed by atoms with E-state index in [1.54, 1.807) is 6.07 Å². The van der Waals surface area contributed by atoms with Gasteiger partial charge in [-0.25, -0.2) is 0 Å². The smallest absolute Gasteiger partial charge is 0.312 e. The highest BCUT2D eigenvalue weighted by Crippen LogP contribution is 2.43. The fourth-order valence-electron chi connectivity index (χ4n) is 1.82. The summed E-state index contributed by atoms with van der Waals surface area (Å²) in [5, 5.41) is 19.6. The molecule has 2 rings (SSSR count). The van der Waals surface area contributed by atoms with Crippen molar-refractivity contribution in [2.75, 3.05) is 13.2 Å². The molecular weight excluding hydrogens is 272 g/mol. The Bertz CT molecular complexity index is 512. The van der Waals surface area contributed by atoms with Crippen LogP contribution in [0, 0.1) is 5.41 Å². The van der Waals surface area contributed by atoms with E-state index in [1.807, 2.05) is 0 Å². The van der Waals surface area contributed by atoms with Gasteiger partial charge in [0.15, 0.2) is 11.5 Å². The van der Waals surface area contributed by atoms with E-state index in [0.717, 1.165) is 0 Å². The van der Waals surface area contributed by atoms with Crippen molar-refractivity contribution in [3.63, 3.8) is 0 Å². The average molecular weight is 287 g/mol. The Morgan fingerprint density at radius 1 is 1.37 bits per heavy atom. The van der Waals surface area contributed by atoms with Crippen LogP contribution in [0.4, 0.5) is 0 Å². The SMILES string of the molecule is CC(C)(C(=O)O)C(O)c1cc(Cl)c2c(c1)OCCO2. The van der Waals surface area contributed by atoms with E-state index in [1.165, 1.54) is 19.9 Å². The largest absolute Gasteiger partial charge is 0.486 e. The minimum atomic E-state index is -1.33. The first-order chi connectivity index (χ1) is 8.84. The van der Waals surface area contributed by atoms with Gasteiger partial charge in [-0.1, -0.05) is 11.6 Å². The van der Waals surface area contributed by atoms with E-state index in [4.69, 9.17) is 26.2 Å². The Morgan fingerprint density at radius 2 is 2.00 bits per heavy atom. The van der Waals surface area contributed by atoms with Crippen molar-refractivity contribution < 1.29 is 24.5 Å². The topological polar surface area (TPSA) is 76.0 Å². The summed E-state index contributed by atoms with van der Waals surface area (Å²) < 4.78 is 10.8. The molecule has 1 aliphatic rings. The lowest BCUT2D eigenvalue weighted by Crippen LogP contribution is -2.31. The van der Waals surface area contributed by atoms with Crippen molar-refractivity contribution in [2.24, 2.45) is 5.41 Å². The molecule has 0 saturated carbocycles. The standard InChI is InChI=1S/C13H15ClO5/c1-13(2,12(16)17)11(15)7-5-8(14)10-9(6-7)18-3-4-19-10/h5-6,11,15H,3-4H2,1-2H3,(H,16,17). The van der Waals surface area contributed by atoms with Crippen LogP contribution < -0.4 is 9.47 Å². The lowest BCUT2D eigenvalue weighted by atomic mass is 9.82. The van der Waals surface area contributed by atoms with E-state index in [9.17, 15) is 9.90 Å². The number of benzene rings is 1. The first kappa shape index (κ1) is 14.0. The van der Waals surface area contributed by atoms with E-state index in [-0.39, 0.29) is 0 Å². The summed E-state index contributed by atoms with van der Waals surface area (Å²) in [6, 6.07) is 3.07. The third-order valence-electron chi connectivity index (χ3n) is 3.17. The number of ether oxygens (including phenoxy) is 2. The predicted octanol–water partition coefficient (Wildman–Crippen LogP) is 2.26. The maximum Gasteiger partial charge on any atom is 0.312 e. The monoisotopic (exact) mass is 286 g/mol. The molecule has 5 nitrogen and oxygen atoms in total. The van der Waals surface area contributed by atoms with Gasteiger partial charge in [0.1, 0.15) is 13.2 Å². The number of carboxylic acid groups (broad SMARTS) is 1. The van der Waals surface area contributed by atoms with Gasteiger partial charge in [-0.3, -0.25) is 4.79 Å². The molecule has 0 fully saturated rings. The molecule has 0 amide bonds. The Kier molecular flexibility index (Phi) is 3.60. The molecule has 1 heterocycles. The molecule has 19 heavy (non-hydrogen) atoms. The number of carbonyl (C=O) groups is 1. The van der Waals surface area contributed by atoms with Crippen LogP contribution >= 0.6 is 11.6 Å². The maximum absolute atomic E-state index is 11.2. The van der Waals surface area contributed by atoms with Gasteiger partial charge in [0.05, 0.1) is 16.5 Å². The summed E-state index contributed by atoms with van der Waals surface area (Å²) in [5.41, 5.74) is -0.936. The molecular formula is C13H15ClO5. The van der Waals surface area contributed by atoms with Crippen LogP contribution in [-0.4, -0.2) is 29.4 Å². The summed E-state index contributed by atoms with van der Waals surface area (Å²) in [4.78, 5) is 11.2. The molecule has 0 aromatic heterocycles. The highest BCUT2D eigenvalue weighted by atomic mass is 35.5. The molecule has 0 radical (unpaired) electrons. The molecule has 1 atom stereocenters. The predicted molar refractivity (Wildman–Crippen MR) is 68.8 cm³/mol. The van der Waals surface area contributed by atoms with Crippen molar-refractivity contribution in [2.45, 2.75) is 20.0 Å². The molecule has 2 N–H and O–H groups in total. The molecule has 1 unspecified atom stereocenters. The summed E-state index contributed by atoms with van der Waals surface area (Å²) in [6.45, 7) is 3.70. The van der Waals surface area contributed by atoms with Crippen molar-refractivity contribution in [1.29, 1.82) is 0 Å². The summed E-state index contributed by atoms with van der Waals surface area (Å²) in [7, 11) is 0. The zero-order valence-corrected chi connectivity index (χ0v) is 11.4. The lowest BCUT2D eigenvalue weighted by molar-refractivity contribution is -0.153. The minimum absolute atomic E-state index is 0.299. The van der Waals surface area contributed by atoms with E-state index >= 15 is 0 Å². The average Bonchev–Trinajstić information content (AvgIpc) is 2.37. The van der Waals surface area contributed by atoms with Crippen molar-refractivity contribution in [3.05, 3.63) is 22.7 Å². The molecule has 0 spiro atoms. The Balaban J connectivity index is 2.41. The number of hydrogen-bond acceptors (Lipinski definition) is 4. The highest BCUT2D eigenvalue weighted by Gasteiger charge is 2.37. The second kappa shape index (κ2) is 4.90. The molecule has 104 valence electrons. The van der Waals surface area contributed by atoms with Crippen LogP contribution in [0.15, 0.2) is 12.1 Å². The third-order valence-corrected chi connectivity index (χ3v) is 3.45. The molecule has 1 aliphatic heterocycles. The first-order valence-electron chi connectivity index (χ1n) is 5.84. The van der Waals surface area contributed by atoms with Crippen molar-refractivity contribution in [1.82, 2.24) is 0 Å². The van der Waals surface area contributed by atoms with Crippen LogP contribution in [0.2, 0.25) is 5.02 Å². The minimum Gasteiger partial charge on any atom is -0.486 e. The van der Waals surface area contributed by atoms with Crippen molar-refractivity contribution in [3.8, 4) is 11.5 Å². The molecule has 0 saturated heterocycles. The number of aliphatic hydroxyl groups excluding tert-OH is 1. The number of aliphatic carboxylic acids is 1. The van der Waals surface area contributed by atoms with Gasteiger partial charge in [0.2, 0.25) is 0 Å². The zero-order valence-electron chi connectivity index (χ0n) is 10.6. The quantitative estimate of drug-likeness (QED) is 0.891. The van der Waals surface area contributed by atoms with Crippen LogP contribution in [-0.2, 0) is 4.79 Å². The van der Waals surface area contributed by atoms with Crippen LogP contribution in [0.3, 0.4) is 0 Å². The van der Waals surface area contributed by atoms with Gasteiger partial charge in [-0.2, -0.15) is 0 Å². The molecule has 1 aromatic rings. The summed E-state index contributed by atoms with van der Waals surface area (Å²) in [5.74, 6) is -0.239. The van der Waals surface area contributed by atoms with Gasteiger partial charge in [0, 0.05) is 0 Å². The van der Waals surface area contributed by atoms with Crippen LogP contribution in [0.1, 0.15) is 25.5 Å². The van der Waals surface area contributed by atoms with E-state index in [2.05, 4.69) is 0 Å². The van der Waals surface area contributed by atoms with Crippen molar-refractivity contribution >= 4 is 17.6 Å². The molecule has 0 aliphatic carbocycles. The fourth-order valence-corrected chi connectivity index (χ4v) is 2.10. The molecule has 1 aromatic carbocycles. The Hall–Kier alpha value is -1.46. The van der Waals surface area contributed by atoms with Gasteiger partial charge >= 0.3 is 5.97 Å². The number of aliphatic hydroxyl groups is 1. The van der Waals surface area contributed by atoms with Gasteiger partial charge in [-0.05, 0) is 31.5 Å². The molecule has 6 heteroatoms. The number of halogens is 1. The summed E-state index contributed by atoms with van der Waals surface area (Å²) >= 11 is 6.06. The maximum atomic E-state index is 11.2. The Morgan fingerprint density at radius 3 is 2.63 bits per heavy atom. The van der Waals surface area contributed by atoms with Gasteiger partial charge in [-0.15, -0.1) is 0 Å². The number of carboxylic acids is 1. The summed E-state index contributed by atoms with van der Waals surface area (Å²) in [6.07, 6.45) is -1.20. The normalized spacial score (nSPS) is 16.0. The number of hydrogen-bond donors (Lipinski definition) is 2. The van der Waals surface area contributed by atoms with Gasteiger partial charge < -0.3 is 19.7 Å².